The van der Waals surface area contributed by atoms with Gasteiger partial charge in [-0.2, -0.15) is 0 Å². The monoisotopic (exact) mass is 271 g/mol. The first kappa shape index (κ1) is 12.9. The van der Waals surface area contributed by atoms with E-state index in [1.165, 1.54) is 0 Å². The Kier molecular flexibility index (Phi) is 3.10. The van der Waals surface area contributed by atoms with Crippen LogP contribution in [0.25, 0.3) is 0 Å². The zero-order valence-corrected chi connectivity index (χ0v) is 11.6. The molecule has 20 heavy (non-hydrogen) atoms. The minimum Gasteiger partial charge on any atom is -0.483 e. The molecular weight excluding hydrogens is 254 g/mol. The second-order valence-electron chi connectivity index (χ2n) is 5.51. The summed E-state index contributed by atoms with van der Waals surface area (Å²) < 4.78 is 11.8. The van der Waals surface area contributed by atoms with Crippen molar-refractivity contribution in [3.05, 3.63) is 47.7 Å². The predicted octanol–water partition coefficient (Wildman–Crippen LogP) is 3.08. The van der Waals surface area contributed by atoms with E-state index in [1.807, 2.05) is 18.2 Å². The van der Waals surface area contributed by atoms with Crippen LogP contribution in [0.2, 0.25) is 0 Å². The third-order valence-corrected chi connectivity index (χ3v) is 3.21. The van der Waals surface area contributed by atoms with Gasteiger partial charge in [0, 0.05) is 18.1 Å². The summed E-state index contributed by atoms with van der Waals surface area (Å²) >= 11 is 0. The SMILES string of the molecule is CC1(C)Cc2cccc(Oc3cccc(CO)n3)c2O1. The summed E-state index contributed by atoms with van der Waals surface area (Å²) in [6, 6.07) is 11.2. The van der Waals surface area contributed by atoms with E-state index in [9.17, 15) is 0 Å². The third kappa shape index (κ3) is 2.47. The molecule has 0 radical (unpaired) electrons. The van der Waals surface area contributed by atoms with E-state index < -0.39 is 0 Å². The molecular formula is C16H17NO3. The summed E-state index contributed by atoms with van der Waals surface area (Å²) in [5, 5.41) is 9.11. The van der Waals surface area contributed by atoms with E-state index in [4.69, 9.17) is 14.6 Å². The minimum absolute atomic E-state index is 0.104. The highest BCUT2D eigenvalue weighted by molar-refractivity contribution is 5.51. The molecule has 0 atom stereocenters. The van der Waals surface area contributed by atoms with Crippen LogP contribution in [0.5, 0.6) is 17.4 Å². The molecule has 3 rings (SSSR count). The Morgan fingerprint density at radius 1 is 1.25 bits per heavy atom. The highest BCUT2D eigenvalue weighted by Gasteiger charge is 2.32. The maximum absolute atomic E-state index is 9.11. The van der Waals surface area contributed by atoms with E-state index >= 15 is 0 Å². The van der Waals surface area contributed by atoms with Gasteiger partial charge in [0.2, 0.25) is 5.88 Å². The molecule has 0 bridgehead atoms. The molecule has 0 amide bonds. The second-order valence-corrected chi connectivity index (χ2v) is 5.51. The lowest BCUT2D eigenvalue weighted by molar-refractivity contribution is 0.135. The molecule has 0 saturated carbocycles. The van der Waals surface area contributed by atoms with Gasteiger partial charge in [-0.3, -0.25) is 0 Å². The Bertz CT molecular complexity index is 637. The van der Waals surface area contributed by atoms with Crippen molar-refractivity contribution in [1.29, 1.82) is 0 Å². The third-order valence-electron chi connectivity index (χ3n) is 3.21. The molecule has 0 unspecified atom stereocenters. The van der Waals surface area contributed by atoms with Gasteiger partial charge in [-0.25, -0.2) is 4.98 Å². The van der Waals surface area contributed by atoms with Crippen molar-refractivity contribution in [1.82, 2.24) is 4.98 Å². The summed E-state index contributed by atoms with van der Waals surface area (Å²) in [5.41, 5.74) is 1.52. The number of pyridine rings is 1. The molecule has 0 aliphatic carbocycles. The fourth-order valence-electron chi connectivity index (χ4n) is 2.38. The quantitative estimate of drug-likeness (QED) is 0.932. The number of nitrogens with zero attached hydrogens (tertiary/aromatic N) is 1. The van der Waals surface area contributed by atoms with Gasteiger partial charge in [-0.05, 0) is 26.0 Å². The Labute approximate surface area is 118 Å². The molecule has 4 heteroatoms. The standard InChI is InChI=1S/C16H17NO3/c1-16(2)9-11-5-3-7-13(15(11)20-16)19-14-8-4-6-12(10-18)17-14/h3-8,18H,9-10H2,1-2H3. The smallest absolute Gasteiger partial charge is 0.219 e. The Balaban J connectivity index is 1.91. The van der Waals surface area contributed by atoms with Crippen LogP contribution in [0.15, 0.2) is 36.4 Å². The number of aliphatic hydroxyl groups excluding tert-OH is 1. The summed E-state index contributed by atoms with van der Waals surface area (Å²) in [5.74, 6) is 1.91. The summed E-state index contributed by atoms with van der Waals surface area (Å²) in [4.78, 5) is 4.22. The number of aromatic nitrogens is 1. The molecule has 0 saturated heterocycles. The number of para-hydroxylation sites is 1. The van der Waals surface area contributed by atoms with Crippen LogP contribution in [0.3, 0.4) is 0 Å². The van der Waals surface area contributed by atoms with E-state index in [1.54, 1.807) is 12.1 Å². The van der Waals surface area contributed by atoms with Crippen molar-refractivity contribution in [2.45, 2.75) is 32.5 Å². The Morgan fingerprint density at radius 2 is 2.05 bits per heavy atom. The van der Waals surface area contributed by atoms with Crippen LogP contribution < -0.4 is 9.47 Å². The Morgan fingerprint density at radius 3 is 2.85 bits per heavy atom. The van der Waals surface area contributed by atoms with Crippen LogP contribution in [0.1, 0.15) is 25.1 Å². The topological polar surface area (TPSA) is 51.6 Å². The van der Waals surface area contributed by atoms with Crippen molar-refractivity contribution < 1.29 is 14.6 Å². The normalized spacial score (nSPS) is 15.6. The number of aliphatic hydroxyl groups is 1. The fourth-order valence-corrected chi connectivity index (χ4v) is 2.38. The zero-order valence-electron chi connectivity index (χ0n) is 11.6. The lowest BCUT2D eigenvalue weighted by Crippen LogP contribution is -2.24. The van der Waals surface area contributed by atoms with Gasteiger partial charge < -0.3 is 14.6 Å². The number of ether oxygens (including phenoxy) is 2. The van der Waals surface area contributed by atoms with Crippen LogP contribution in [-0.2, 0) is 13.0 Å². The van der Waals surface area contributed by atoms with Crippen LogP contribution in [0.4, 0.5) is 0 Å². The first-order valence-corrected chi connectivity index (χ1v) is 6.63. The maximum atomic E-state index is 9.11. The molecule has 4 nitrogen and oxygen atoms in total. The van der Waals surface area contributed by atoms with Crippen molar-refractivity contribution in [2.24, 2.45) is 0 Å². The van der Waals surface area contributed by atoms with E-state index in [0.717, 1.165) is 17.7 Å². The molecule has 104 valence electrons. The lowest BCUT2D eigenvalue weighted by Gasteiger charge is -2.18. The molecule has 2 aromatic rings. The van der Waals surface area contributed by atoms with Crippen molar-refractivity contribution in [3.8, 4) is 17.4 Å². The molecule has 0 spiro atoms. The second kappa shape index (κ2) is 4.80. The summed E-state index contributed by atoms with van der Waals surface area (Å²) in [6.45, 7) is 4.01. The van der Waals surface area contributed by atoms with E-state index in [-0.39, 0.29) is 12.2 Å². The fraction of sp³-hybridized carbons (Fsp3) is 0.312. The molecule has 0 fully saturated rings. The van der Waals surface area contributed by atoms with Crippen molar-refractivity contribution in [2.75, 3.05) is 0 Å². The van der Waals surface area contributed by atoms with Crippen LogP contribution in [0, 0.1) is 0 Å². The first-order chi connectivity index (χ1) is 9.57. The van der Waals surface area contributed by atoms with Gasteiger partial charge in [0.1, 0.15) is 5.60 Å². The van der Waals surface area contributed by atoms with Gasteiger partial charge in [-0.1, -0.05) is 18.2 Å². The predicted molar refractivity (Wildman–Crippen MR) is 75.1 cm³/mol. The number of benzene rings is 1. The average Bonchev–Trinajstić information content (AvgIpc) is 2.74. The largest absolute Gasteiger partial charge is 0.483 e. The Hall–Kier alpha value is -2.07. The van der Waals surface area contributed by atoms with Gasteiger partial charge in [0.25, 0.3) is 0 Å². The number of hydrogen-bond acceptors (Lipinski definition) is 4. The number of rotatable bonds is 3. The number of fused-ring (bicyclic) bond motifs is 1. The molecule has 1 N–H and O–H groups in total. The zero-order chi connectivity index (χ0) is 14.2. The molecule has 1 aliphatic heterocycles. The summed E-state index contributed by atoms with van der Waals surface area (Å²) in [6.07, 6.45) is 0.865. The molecule has 1 aromatic heterocycles. The average molecular weight is 271 g/mol. The van der Waals surface area contributed by atoms with Crippen molar-refractivity contribution >= 4 is 0 Å². The van der Waals surface area contributed by atoms with Gasteiger partial charge in [0.05, 0.1) is 12.3 Å². The molecule has 1 aliphatic rings. The van der Waals surface area contributed by atoms with Crippen LogP contribution >= 0.6 is 0 Å². The van der Waals surface area contributed by atoms with Crippen LogP contribution in [-0.4, -0.2) is 15.7 Å². The summed E-state index contributed by atoms with van der Waals surface area (Å²) in [7, 11) is 0. The van der Waals surface area contributed by atoms with Crippen molar-refractivity contribution in [3.63, 3.8) is 0 Å². The lowest BCUT2D eigenvalue weighted by atomic mass is 10.0. The van der Waals surface area contributed by atoms with E-state index in [2.05, 4.69) is 24.9 Å². The van der Waals surface area contributed by atoms with Gasteiger partial charge in [0.15, 0.2) is 11.5 Å². The molecule has 1 aromatic carbocycles. The van der Waals surface area contributed by atoms with E-state index in [0.29, 0.717) is 17.3 Å². The molecule has 2 heterocycles. The maximum Gasteiger partial charge on any atom is 0.219 e. The highest BCUT2D eigenvalue weighted by atomic mass is 16.5. The van der Waals surface area contributed by atoms with Gasteiger partial charge >= 0.3 is 0 Å². The highest BCUT2D eigenvalue weighted by Crippen LogP contribution is 2.42. The van der Waals surface area contributed by atoms with Gasteiger partial charge in [-0.15, -0.1) is 0 Å². The minimum atomic E-state index is -0.206. The number of hydrogen-bond donors (Lipinski definition) is 1. The first-order valence-electron chi connectivity index (χ1n) is 6.63.